The molecule has 0 spiro atoms. The molecule has 26 heavy (non-hydrogen) atoms. The Bertz CT molecular complexity index is 496. The third kappa shape index (κ3) is 8.20. The van der Waals surface area contributed by atoms with E-state index in [2.05, 4.69) is 52.8 Å². The number of morpholine rings is 1. The highest BCUT2D eigenvalue weighted by Crippen LogP contribution is 2.22. The number of halogens is 1. The second kappa shape index (κ2) is 14.2. The highest BCUT2D eigenvalue weighted by atomic mass is 127. The Morgan fingerprint density at radius 1 is 1.23 bits per heavy atom. The third-order valence-electron chi connectivity index (χ3n) is 4.26. The molecule has 1 aliphatic heterocycles. The van der Waals surface area contributed by atoms with Crippen LogP contribution in [0.5, 0.6) is 0 Å². The summed E-state index contributed by atoms with van der Waals surface area (Å²) < 4.78 is 10.6. The third-order valence-corrected chi connectivity index (χ3v) is 4.26. The van der Waals surface area contributed by atoms with Crippen molar-refractivity contribution in [2.45, 2.75) is 19.4 Å². The van der Waals surface area contributed by atoms with Gasteiger partial charge in [-0.05, 0) is 18.9 Å². The molecule has 7 heteroatoms. The van der Waals surface area contributed by atoms with Gasteiger partial charge in [-0.25, -0.2) is 0 Å². The Morgan fingerprint density at radius 3 is 2.62 bits per heavy atom. The van der Waals surface area contributed by atoms with Crippen molar-refractivity contribution in [1.29, 1.82) is 0 Å². The lowest BCUT2D eigenvalue weighted by Crippen LogP contribution is -2.42. The summed E-state index contributed by atoms with van der Waals surface area (Å²) in [7, 11) is 1.73. The number of aliphatic imine (C=N–C) groups is 1. The van der Waals surface area contributed by atoms with Crippen molar-refractivity contribution < 1.29 is 9.47 Å². The van der Waals surface area contributed by atoms with Crippen LogP contribution in [0.2, 0.25) is 0 Å². The molecule has 1 atom stereocenters. The molecule has 2 rings (SSSR count). The maximum absolute atomic E-state index is 5.51. The van der Waals surface area contributed by atoms with E-state index in [4.69, 9.17) is 14.5 Å². The predicted octanol–water partition coefficient (Wildman–Crippen LogP) is 2.27. The van der Waals surface area contributed by atoms with Crippen molar-refractivity contribution in [2.24, 2.45) is 4.99 Å². The van der Waals surface area contributed by atoms with Gasteiger partial charge in [-0.15, -0.1) is 24.0 Å². The van der Waals surface area contributed by atoms with Gasteiger partial charge in [0.2, 0.25) is 0 Å². The molecule has 0 saturated carbocycles. The highest BCUT2D eigenvalue weighted by Gasteiger charge is 2.22. The Hall–Kier alpha value is -0.900. The van der Waals surface area contributed by atoms with Crippen LogP contribution in [0.15, 0.2) is 35.3 Å². The number of hydrogen-bond donors (Lipinski definition) is 2. The van der Waals surface area contributed by atoms with Crippen LogP contribution in [-0.4, -0.2) is 70.5 Å². The molecule has 1 unspecified atom stereocenters. The van der Waals surface area contributed by atoms with Crippen LogP contribution < -0.4 is 10.6 Å². The molecule has 1 aromatic rings. The molecule has 1 aliphatic rings. The summed E-state index contributed by atoms with van der Waals surface area (Å²) >= 11 is 0. The van der Waals surface area contributed by atoms with Gasteiger partial charge in [0.15, 0.2) is 5.96 Å². The fourth-order valence-corrected chi connectivity index (χ4v) is 2.94. The number of hydrogen-bond acceptors (Lipinski definition) is 4. The zero-order valence-corrected chi connectivity index (χ0v) is 18.3. The zero-order valence-electron chi connectivity index (χ0n) is 15.9. The van der Waals surface area contributed by atoms with E-state index in [1.807, 2.05) is 0 Å². The summed E-state index contributed by atoms with van der Waals surface area (Å²) in [5, 5.41) is 6.71. The van der Waals surface area contributed by atoms with Gasteiger partial charge in [0, 0.05) is 39.9 Å². The molecular formula is C19H33IN4O2. The molecule has 1 saturated heterocycles. The van der Waals surface area contributed by atoms with Crippen molar-refractivity contribution in [1.82, 2.24) is 15.5 Å². The SMILES string of the molecule is CCNC(=NCC(c1ccccc1)N1CCOCC1)NCCCOC.I. The van der Waals surface area contributed by atoms with E-state index in [-0.39, 0.29) is 30.0 Å². The quantitative estimate of drug-likeness (QED) is 0.248. The number of nitrogens with zero attached hydrogens (tertiary/aromatic N) is 2. The predicted molar refractivity (Wildman–Crippen MR) is 117 cm³/mol. The Labute approximate surface area is 174 Å². The summed E-state index contributed by atoms with van der Waals surface area (Å²) in [4.78, 5) is 7.30. The normalized spacial score (nSPS) is 16.6. The molecule has 0 amide bonds. The molecule has 0 aromatic heterocycles. The minimum atomic E-state index is 0. The van der Waals surface area contributed by atoms with Gasteiger partial charge in [-0.1, -0.05) is 30.3 Å². The van der Waals surface area contributed by atoms with Crippen molar-refractivity contribution in [3.8, 4) is 0 Å². The first-order chi connectivity index (χ1) is 12.3. The van der Waals surface area contributed by atoms with Crippen LogP contribution in [0.4, 0.5) is 0 Å². The van der Waals surface area contributed by atoms with Crippen LogP contribution in [0.1, 0.15) is 24.9 Å². The molecule has 6 nitrogen and oxygen atoms in total. The van der Waals surface area contributed by atoms with Crippen molar-refractivity contribution in [3.63, 3.8) is 0 Å². The maximum Gasteiger partial charge on any atom is 0.191 e. The minimum Gasteiger partial charge on any atom is -0.385 e. The van der Waals surface area contributed by atoms with E-state index in [1.165, 1.54) is 5.56 Å². The largest absolute Gasteiger partial charge is 0.385 e. The average molecular weight is 476 g/mol. The second-order valence-electron chi connectivity index (χ2n) is 6.07. The van der Waals surface area contributed by atoms with Gasteiger partial charge in [0.25, 0.3) is 0 Å². The summed E-state index contributed by atoms with van der Waals surface area (Å²) in [6.07, 6.45) is 0.965. The van der Waals surface area contributed by atoms with Gasteiger partial charge in [-0.2, -0.15) is 0 Å². The molecule has 0 aliphatic carbocycles. The summed E-state index contributed by atoms with van der Waals surface area (Å²) in [6, 6.07) is 10.9. The van der Waals surface area contributed by atoms with Crippen LogP contribution in [-0.2, 0) is 9.47 Å². The van der Waals surface area contributed by atoms with Crippen LogP contribution in [0.3, 0.4) is 0 Å². The molecule has 0 radical (unpaired) electrons. The molecule has 1 fully saturated rings. The van der Waals surface area contributed by atoms with Crippen LogP contribution >= 0.6 is 24.0 Å². The number of methoxy groups -OCH3 is 1. The van der Waals surface area contributed by atoms with E-state index < -0.39 is 0 Å². The van der Waals surface area contributed by atoms with E-state index in [9.17, 15) is 0 Å². The Balaban J connectivity index is 0.00000338. The van der Waals surface area contributed by atoms with Gasteiger partial charge in [0.05, 0.1) is 25.8 Å². The maximum atomic E-state index is 5.51. The monoisotopic (exact) mass is 476 g/mol. The highest BCUT2D eigenvalue weighted by molar-refractivity contribution is 14.0. The first-order valence-corrected chi connectivity index (χ1v) is 9.23. The standard InChI is InChI=1S/C19H32N4O2.HI/c1-3-20-19(21-10-7-13-24-2)22-16-18(17-8-5-4-6-9-17)23-11-14-25-15-12-23;/h4-6,8-9,18H,3,7,10-16H2,1-2H3,(H2,20,21,22);1H. The summed E-state index contributed by atoms with van der Waals surface area (Å²) in [5.41, 5.74) is 1.31. The lowest BCUT2D eigenvalue weighted by atomic mass is 10.1. The minimum absolute atomic E-state index is 0. The number of rotatable bonds is 9. The Morgan fingerprint density at radius 2 is 1.96 bits per heavy atom. The molecular weight excluding hydrogens is 443 g/mol. The smallest absolute Gasteiger partial charge is 0.191 e. The van der Waals surface area contributed by atoms with Gasteiger partial charge >= 0.3 is 0 Å². The van der Waals surface area contributed by atoms with E-state index in [0.29, 0.717) is 0 Å². The van der Waals surface area contributed by atoms with E-state index in [0.717, 1.165) is 64.9 Å². The average Bonchev–Trinajstić information content (AvgIpc) is 2.67. The van der Waals surface area contributed by atoms with Gasteiger partial charge < -0.3 is 20.1 Å². The molecule has 0 bridgehead atoms. The first-order valence-electron chi connectivity index (χ1n) is 9.23. The molecule has 2 N–H and O–H groups in total. The number of benzene rings is 1. The van der Waals surface area contributed by atoms with Crippen LogP contribution in [0.25, 0.3) is 0 Å². The zero-order chi connectivity index (χ0) is 17.7. The van der Waals surface area contributed by atoms with Crippen molar-refractivity contribution in [2.75, 3.05) is 59.7 Å². The summed E-state index contributed by atoms with van der Waals surface area (Å²) in [5.74, 6) is 0.868. The Kier molecular flexibility index (Phi) is 12.6. The molecule has 1 heterocycles. The topological polar surface area (TPSA) is 58.1 Å². The lowest BCUT2D eigenvalue weighted by molar-refractivity contribution is 0.0179. The van der Waals surface area contributed by atoms with Gasteiger partial charge in [-0.3, -0.25) is 9.89 Å². The first kappa shape index (κ1) is 23.1. The number of guanidine groups is 1. The van der Waals surface area contributed by atoms with E-state index >= 15 is 0 Å². The molecule has 1 aromatic carbocycles. The van der Waals surface area contributed by atoms with Crippen molar-refractivity contribution >= 4 is 29.9 Å². The lowest BCUT2D eigenvalue weighted by Gasteiger charge is -2.34. The number of ether oxygens (including phenoxy) is 2. The van der Waals surface area contributed by atoms with E-state index in [1.54, 1.807) is 7.11 Å². The fourth-order valence-electron chi connectivity index (χ4n) is 2.94. The molecule has 148 valence electrons. The second-order valence-corrected chi connectivity index (χ2v) is 6.07. The van der Waals surface area contributed by atoms with Crippen molar-refractivity contribution in [3.05, 3.63) is 35.9 Å². The van der Waals surface area contributed by atoms with Gasteiger partial charge in [0.1, 0.15) is 0 Å². The summed E-state index contributed by atoms with van der Waals surface area (Å²) in [6.45, 7) is 8.76. The number of nitrogens with one attached hydrogen (secondary N) is 2. The fraction of sp³-hybridized carbons (Fsp3) is 0.632. The van der Waals surface area contributed by atoms with Crippen LogP contribution in [0, 0.1) is 0 Å².